The molecule has 0 unspecified atom stereocenters. The van der Waals surface area contributed by atoms with Gasteiger partial charge in [0.25, 0.3) is 0 Å². The Balaban J connectivity index is 1.79. The molecule has 3 rings (SSSR count). The molecule has 3 aromatic heterocycles. The zero-order chi connectivity index (χ0) is 12.9. The molecule has 0 spiro atoms. The summed E-state index contributed by atoms with van der Waals surface area (Å²) in [4.78, 5) is 8.55. The van der Waals surface area contributed by atoms with Gasteiger partial charge >= 0.3 is 0 Å². The van der Waals surface area contributed by atoms with E-state index in [-0.39, 0.29) is 0 Å². The molecule has 0 aromatic carbocycles. The van der Waals surface area contributed by atoms with Crippen LogP contribution in [-0.4, -0.2) is 30.2 Å². The molecule has 94 valence electrons. The van der Waals surface area contributed by atoms with Crippen LogP contribution in [0.15, 0.2) is 48.8 Å². The Bertz CT molecular complexity index is 579. The summed E-state index contributed by atoms with van der Waals surface area (Å²) >= 11 is 0. The third-order valence-corrected chi connectivity index (χ3v) is 2.71. The predicted octanol–water partition coefficient (Wildman–Crippen LogP) is 1.10. The van der Waals surface area contributed by atoms with E-state index in [1.807, 2.05) is 36.4 Å². The van der Waals surface area contributed by atoms with Crippen LogP contribution < -0.4 is 0 Å². The molecule has 0 aliphatic heterocycles. The van der Waals surface area contributed by atoms with E-state index in [0.29, 0.717) is 13.0 Å². The predicted molar refractivity (Wildman–Crippen MR) is 68.2 cm³/mol. The van der Waals surface area contributed by atoms with Crippen LogP contribution in [0.1, 0.15) is 17.2 Å². The van der Waals surface area contributed by atoms with Crippen molar-refractivity contribution in [3.8, 4) is 0 Å². The van der Waals surface area contributed by atoms with Gasteiger partial charge in [-0.2, -0.15) is 0 Å². The topological polar surface area (TPSA) is 69.4 Å². The number of nitrogens with zero attached hydrogens (tertiary/aromatic N) is 6. The van der Waals surface area contributed by atoms with Crippen LogP contribution in [0.5, 0.6) is 0 Å². The Morgan fingerprint density at radius 3 is 2.32 bits per heavy atom. The van der Waals surface area contributed by atoms with Gasteiger partial charge in [-0.3, -0.25) is 9.97 Å². The maximum atomic E-state index is 4.28. The van der Waals surface area contributed by atoms with E-state index < -0.39 is 0 Å². The standard InChI is InChI=1S/C13H12N6/c1-3-7-14-11(5-1)9-13-16-17-18-19(13)10-12-6-2-4-8-15-12/h1-8H,9-10H2. The number of rotatable bonds is 4. The fourth-order valence-corrected chi connectivity index (χ4v) is 1.78. The lowest BCUT2D eigenvalue weighted by molar-refractivity contribution is 0.614. The summed E-state index contributed by atoms with van der Waals surface area (Å²) in [5, 5.41) is 11.8. The smallest absolute Gasteiger partial charge is 0.157 e. The molecule has 19 heavy (non-hydrogen) atoms. The second kappa shape index (κ2) is 5.34. The number of aromatic nitrogens is 6. The monoisotopic (exact) mass is 252 g/mol. The van der Waals surface area contributed by atoms with Gasteiger partial charge in [0.2, 0.25) is 0 Å². The molecule has 0 atom stereocenters. The molecule has 0 aliphatic carbocycles. The SMILES string of the molecule is c1ccc(Cc2nnnn2Cc2ccccn2)nc1. The largest absolute Gasteiger partial charge is 0.261 e. The summed E-state index contributed by atoms with van der Waals surface area (Å²) in [6.45, 7) is 0.565. The average Bonchev–Trinajstić information content (AvgIpc) is 2.88. The van der Waals surface area contributed by atoms with Gasteiger partial charge in [-0.25, -0.2) is 4.68 Å². The molecule has 3 heterocycles. The van der Waals surface area contributed by atoms with E-state index in [9.17, 15) is 0 Å². The van der Waals surface area contributed by atoms with Crippen molar-refractivity contribution in [2.45, 2.75) is 13.0 Å². The lowest BCUT2D eigenvalue weighted by atomic mass is 10.2. The summed E-state index contributed by atoms with van der Waals surface area (Å²) in [6, 6.07) is 11.6. The minimum Gasteiger partial charge on any atom is -0.261 e. The Hall–Kier alpha value is -2.63. The second-order valence-corrected chi connectivity index (χ2v) is 4.07. The highest BCUT2D eigenvalue weighted by Crippen LogP contribution is 2.05. The van der Waals surface area contributed by atoms with Crippen LogP contribution in [-0.2, 0) is 13.0 Å². The van der Waals surface area contributed by atoms with Crippen LogP contribution in [0, 0.1) is 0 Å². The number of hydrogen-bond acceptors (Lipinski definition) is 5. The maximum Gasteiger partial charge on any atom is 0.157 e. The first-order chi connectivity index (χ1) is 9.42. The van der Waals surface area contributed by atoms with Crippen molar-refractivity contribution in [2.75, 3.05) is 0 Å². The first kappa shape index (κ1) is 11.5. The summed E-state index contributed by atoms with van der Waals surface area (Å²) < 4.78 is 1.75. The fourth-order valence-electron chi connectivity index (χ4n) is 1.78. The van der Waals surface area contributed by atoms with Gasteiger partial charge in [-0.1, -0.05) is 12.1 Å². The van der Waals surface area contributed by atoms with Gasteiger partial charge in [0.15, 0.2) is 5.82 Å². The van der Waals surface area contributed by atoms with Gasteiger partial charge in [0, 0.05) is 18.1 Å². The molecule has 0 bridgehead atoms. The summed E-state index contributed by atoms with van der Waals surface area (Å²) in [7, 11) is 0. The highest BCUT2D eigenvalue weighted by molar-refractivity contribution is 5.10. The van der Waals surface area contributed by atoms with Crippen LogP contribution in [0.4, 0.5) is 0 Å². The van der Waals surface area contributed by atoms with Crippen molar-refractivity contribution in [1.82, 2.24) is 30.2 Å². The molecule has 0 N–H and O–H groups in total. The third-order valence-electron chi connectivity index (χ3n) is 2.71. The van der Waals surface area contributed by atoms with Crippen molar-refractivity contribution < 1.29 is 0 Å². The minimum atomic E-state index is 0.565. The first-order valence-electron chi connectivity index (χ1n) is 5.97. The quantitative estimate of drug-likeness (QED) is 0.695. The first-order valence-corrected chi connectivity index (χ1v) is 5.97. The van der Waals surface area contributed by atoms with Crippen molar-refractivity contribution in [2.24, 2.45) is 0 Å². The Morgan fingerprint density at radius 2 is 1.63 bits per heavy atom. The highest BCUT2D eigenvalue weighted by atomic mass is 15.5. The molecule has 0 radical (unpaired) electrons. The molecule has 0 saturated carbocycles. The fraction of sp³-hybridized carbons (Fsp3) is 0.154. The molecule has 0 saturated heterocycles. The van der Waals surface area contributed by atoms with E-state index >= 15 is 0 Å². The molecular formula is C13H12N6. The number of hydrogen-bond donors (Lipinski definition) is 0. The van der Waals surface area contributed by atoms with Crippen molar-refractivity contribution in [3.05, 3.63) is 66.0 Å². The maximum absolute atomic E-state index is 4.28. The van der Waals surface area contributed by atoms with Crippen LogP contribution in [0.2, 0.25) is 0 Å². The molecule has 6 nitrogen and oxygen atoms in total. The van der Waals surface area contributed by atoms with E-state index in [0.717, 1.165) is 17.2 Å². The van der Waals surface area contributed by atoms with Gasteiger partial charge in [-0.15, -0.1) is 5.10 Å². The summed E-state index contributed by atoms with van der Waals surface area (Å²) in [6.07, 6.45) is 4.14. The zero-order valence-corrected chi connectivity index (χ0v) is 10.2. The van der Waals surface area contributed by atoms with Gasteiger partial charge in [0.1, 0.15) is 0 Å². The Labute approximate surface area is 110 Å². The molecule has 0 aliphatic rings. The van der Waals surface area contributed by atoms with E-state index in [1.54, 1.807) is 17.1 Å². The van der Waals surface area contributed by atoms with Crippen LogP contribution in [0.3, 0.4) is 0 Å². The molecule has 0 amide bonds. The normalized spacial score (nSPS) is 10.5. The Kier molecular flexibility index (Phi) is 3.22. The number of tetrazole rings is 1. The summed E-state index contributed by atoms with van der Waals surface area (Å²) in [5.41, 5.74) is 1.87. The third kappa shape index (κ3) is 2.79. The van der Waals surface area contributed by atoms with Crippen molar-refractivity contribution >= 4 is 0 Å². The lowest BCUT2D eigenvalue weighted by Crippen LogP contribution is -2.09. The van der Waals surface area contributed by atoms with E-state index in [4.69, 9.17) is 0 Å². The minimum absolute atomic E-state index is 0.565. The zero-order valence-electron chi connectivity index (χ0n) is 10.2. The van der Waals surface area contributed by atoms with Crippen LogP contribution >= 0.6 is 0 Å². The van der Waals surface area contributed by atoms with Gasteiger partial charge in [-0.05, 0) is 34.7 Å². The number of pyridine rings is 2. The molecular weight excluding hydrogens is 240 g/mol. The van der Waals surface area contributed by atoms with Gasteiger partial charge < -0.3 is 0 Å². The summed E-state index contributed by atoms with van der Waals surface area (Å²) in [5.74, 6) is 0.782. The van der Waals surface area contributed by atoms with E-state index in [2.05, 4.69) is 25.5 Å². The second-order valence-electron chi connectivity index (χ2n) is 4.07. The average molecular weight is 252 g/mol. The van der Waals surface area contributed by atoms with Gasteiger partial charge in [0.05, 0.1) is 18.7 Å². The highest BCUT2D eigenvalue weighted by Gasteiger charge is 2.08. The Morgan fingerprint density at radius 1 is 0.895 bits per heavy atom. The lowest BCUT2D eigenvalue weighted by Gasteiger charge is -2.03. The van der Waals surface area contributed by atoms with Crippen molar-refractivity contribution in [3.63, 3.8) is 0 Å². The van der Waals surface area contributed by atoms with E-state index in [1.165, 1.54) is 0 Å². The molecule has 3 aromatic rings. The van der Waals surface area contributed by atoms with Crippen molar-refractivity contribution in [1.29, 1.82) is 0 Å². The molecule has 6 heteroatoms. The van der Waals surface area contributed by atoms with Crippen LogP contribution in [0.25, 0.3) is 0 Å². The molecule has 0 fully saturated rings.